The van der Waals surface area contributed by atoms with Crippen molar-refractivity contribution in [3.63, 3.8) is 0 Å². The van der Waals surface area contributed by atoms with E-state index in [2.05, 4.69) is 0 Å². The van der Waals surface area contributed by atoms with Crippen LogP contribution in [-0.2, 0) is 37.7 Å². The molecule has 4 fully saturated rings. The van der Waals surface area contributed by atoms with Crippen molar-refractivity contribution in [2.45, 2.75) is 60.6 Å². The summed E-state index contributed by atoms with van der Waals surface area (Å²) in [4.78, 5) is 90.6. The first-order valence-corrected chi connectivity index (χ1v) is 35.7. The van der Waals surface area contributed by atoms with E-state index in [1.54, 1.807) is 18.2 Å². The first kappa shape index (κ1) is 84.4. The SMILES string of the molecule is C.CC(=O)c1cc(/C=C2\SC(=S)N(c3cccc(C(F)(F)F)c3)C2=O)ccc1O.CC(=O)c1cc(/C=C2\SC(=S)N(c3ccccc3C(F)(F)F)C2=O)ccc1O.CC(=O)c1ccc(/C=C2\SC(=S)N(c3cccc(C)c3)C2=O)c(O)c1.Cc1c(O)cc(/C=C2\SC(=S)N(c3cccc(C(F)(F)F)c3)C2=O)cc1O. The van der Waals surface area contributed by atoms with Crippen molar-refractivity contribution in [3.8, 4) is 28.7 Å². The number of amides is 4. The lowest BCUT2D eigenvalue weighted by molar-refractivity contribution is -0.138. The Morgan fingerprint density at radius 1 is 0.385 bits per heavy atom. The molecule has 4 amide bonds. The number of thioether (sulfide) groups is 4. The molecule has 562 valence electrons. The number of Topliss-reactive ketones (excluding diaryl/α,β-unsaturated/α-hetero) is 3. The third-order valence-corrected chi connectivity index (χ3v) is 20.7. The van der Waals surface area contributed by atoms with Crippen LogP contribution in [0.15, 0.2) is 183 Å². The van der Waals surface area contributed by atoms with Gasteiger partial charge in [-0.1, -0.05) is 164 Å². The van der Waals surface area contributed by atoms with E-state index in [4.69, 9.17) is 48.9 Å². The summed E-state index contributed by atoms with van der Waals surface area (Å²) in [5.74, 6) is -3.61. The van der Waals surface area contributed by atoms with E-state index >= 15 is 0 Å². The fourth-order valence-electron chi connectivity index (χ4n) is 10.2. The highest BCUT2D eigenvalue weighted by molar-refractivity contribution is 8.28. The van der Waals surface area contributed by atoms with Gasteiger partial charge >= 0.3 is 18.5 Å². The molecule has 4 saturated heterocycles. The maximum Gasteiger partial charge on any atom is 0.418 e. The Labute approximate surface area is 654 Å². The molecule has 0 radical (unpaired) electrons. The van der Waals surface area contributed by atoms with Crippen molar-refractivity contribution in [3.05, 3.63) is 250 Å². The number of carbonyl (C=O) groups is 7. The number of nitrogens with zero attached hydrogens (tertiary/aromatic N) is 4. The fourth-order valence-corrected chi connectivity index (χ4v) is 15.4. The molecule has 5 N–H and O–H groups in total. The van der Waals surface area contributed by atoms with Gasteiger partial charge in [0.05, 0.1) is 70.2 Å². The van der Waals surface area contributed by atoms with Crippen molar-refractivity contribution in [2.24, 2.45) is 0 Å². The highest BCUT2D eigenvalue weighted by Gasteiger charge is 2.42. The van der Waals surface area contributed by atoms with Crippen molar-refractivity contribution in [2.75, 3.05) is 19.6 Å². The summed E-state index contributed by atoms with van der Waals surface area (Å²) in [7, 11) is 0. The number of alkyl halides is 9. The van der Waals surface area contributed by atoms with Crippen LogP contribution in [0.25, 0.3) is 24.3 Å². The summed E-state index contributed by atoms with van der Waals surface area (Å²) >= 11 is 24.7. The molecule has 4 heterocycles. The van der Waals surface area contributed by atoms with Gasteiger partial charge in [-0.3, -0.25) is 53.2 Å². The average Bonchev–Trinajstić information content (AvgIpc) is 1.65. The molecule has 8 aromatic carbocycles. The number of rotatable bonds is 11. The number of ketones is 3. The van der Waals surface area contributed by atoms with Crippen LogP contribution in [0.5, 0.6) is 28.7 Å². The Balaban J connectivity index is 0.000000182. The summed E-state index contributed by atoms with van der Waals surface area (Å²) in [5, 5.41) is 49.1. The topological polar surface area (TPSA) is 234 Å². The highest BCUT2D eigenvalue weighted by atomic mass is 32.2. The number of aryl methyl sites for hydroxylation is 1. The van der Waals surface area contributed by atoms with E-state index < -0.39 is 52.9 Å². The predicted molar refractivity (Wildman–Crippen MR) is 424 cm³/mol. The van der Waals surface area contributed by atoms with Crippen LogP contribution < -0.4 is 19.6 Å². The second-order valence-electron chi connectivity index (χ2n) is 23.2. The average molecular weight is 1640 g/mol. The lowest BCUT2D eigenvalue weighted by atomic mass is 10.1. The molecule has 0 aliphatic carbocycles. The number of thiocarbonyl (C=S) groups is 4. The predicted octanol–water partition coefficient (Wildman–Crippen LogP) is 19.8. The van der Waals surface area contributed by atoms with Crippen LogP contribution in [0.4, 0.5) is 62.3 Å². The molecule has 4 aliphatic rings. The van der Waals surface area contributed by atoms with Gasteiger partial charge < -0.3 is 25.5 Å². The molecule has 0 aromatic heterocycles. The zero-order valence-electron chi connectivity index (χ0n) is 55.9. The minimum absolute atomic E-state index is 0. The zero-order valence-corrected chi connectivity index (χ0v) is 62.5. The van der Waals surface area contributed by atoms with E-state index in [1.165, 1.54) is 160 Å². The van der Waals surface area contributed by atoms with Crippen LogP contribution in [0.3, 0.4) is 0 Å². The van der Waals surface area contributed by atoms with Crippen molar-refractivity contribution >= 4 is 201 Å². The van der Waals surface area contributed by atoms with Gasteiger partial charge in [-0.2, -0.15) is 39.5 Å². The number of benzene rings is 8. The van der Waals surface area contributed by atoms with Crippen LogP contribution in [0.1, 0.15) is 109 Å². The van der Waals surface area contributed by atoms with E-state index in [1.807, 2.05) is 31.2 Å². The maximum atomic E-state index is 13.3. The second-order valence-corrected chi connectivity index (χ2v) is 29.9. The third kappa shape index (κ3) is 20.0. The number of phenolic OH excluding ortho intramolecular Hbond substituents is 5. The minimum atomic E-state index is -4.64. The molecule has 12 rings (SSSR count). The molecule has 8 aromatic rings. The molecular formula is C76H55F9N4O12S8. The Morgan fingerprint density at radius 2 is 0.771 bits per heavy atom. The Kier molecular flexibility index (Phi) is 26.7. The normalized spacial score (nSPS) is 16.0. The Morgan fingerprint density at radius 3 is 1.17 bits per heavy atom. The first-order chi connectivity index (χ1) is 50.6. The lowest BCUT2D eigenvalue weighted by Crippen LogP contribution is -2.29. The van der Waals surface area contributed by atoms with Crippen molar-refractivity contribution in [1.82, 2.24) is 0 Å². The number of phenols is 5. The van der Waals surface area contributed by atoms with Crippen molar-refractivity contribution < 1.29 is 98.6 Å². The number of para-hydroxylation sites is 1. The largest absolute Gasteiger partial charge is 0.508 e. The summed E-state index contributed by atoms with van der Waals surface area (Å²) < 4.78 is 118. The highest BCUT2D eigenvalue weighted by Crippen LogP contribution is 2.45. The zero-order chi connectivity index (χ0) is 79.3. The molecule has 0 unspecified atom stereocenters. The van der Waals surface area contributed by atoms with Gasteiger partial charge in [-0.15, -0.1) is 0 Å². The maximum absolute atomic E-state index is 13.3. The van der Waals surface area contributed by atoms with Gasteiger partial charge in [0.25, 0.3) is 23.6 Å². The number of hydrogen-bond donors (Lipinski definition) is 5. The Bertz CT molecular complexity index is 5250. The molecule has 0 spiro atoms. The minimum Gasteiger partial charge on any atom is -0.508 e. The van der Waals surface area contributed by atoms with Gasteiger partial charge in [-0.05, 0) is 184 Å². The van der Waals surface area contributed by atoms with E-state index in [0.29, 0.717) is 42.6 Å². The fraction of sp³-hybridized carbons (Fsp3) is 0.118. The summed E-state index contributed by atoms with van der Waals surface area (Å²) in [5.41, 5.74) is 1.37. The summed E-state index contributed by atoms with van der Waals surface area (Å²) in [6, 6.07) is 36.8. The molecule has 0 bridgehead atoms. The molecule has 16 nitrogen and oxygen atoms in total. The molecule has 0 saturated carbocycles. The standard InChI is InChI=1S/2C19H12F3NO3S2.C19H15NO3S2.C18H12F3NO3S2.CH4/c1-10(24)14-7-11(5-6-15(14)25)8-16-17(26)23(18(27)28-16)13-4-2-3-12(9-13)19(20,21)22;1-10(24)12-8-11(6-7-15(12)25)9-16-17(26)23(18(27)28-16)14-5-3-2-4-13(14)19(20,21)22;1-11-4-3-5-15(8-11)20-18(23)17(25-19(20)24)10-14-7-6-13(12(2)21)9-16(14)22;1-9-13(23)5-10(6-14(9)24)7-15-16(25)22(17(26)27-15)12-4-2-3-11(8-12)18(19,20)21;/h2*2-9,25H,1H3;3-10,22H,1-2H3;2-8,23-24H,1H3;1H4/b16-8-;16-9-;17-10-;15-7-;. The van der Waals surface area contributed by atoms with Gasteiger partial charge in [0.2, 0.25) is 0 Å². The van der Waals surface area contributed by atoms with Crippen LogP contribution in [0.2, 0.25) is 0 Å². The Hall–Kier alpha value is -10.3. The molecule has 33 heteroatoms. The van der Waals surface area contributed by atoms with Gasteiger partial charge in [0.15, 0.2) is 34.6 Å². The van der Waals surface area contributed by atoms with Gasteiger partial charge in [-0.25, -0.2) is 0 Å². The van der Waals surface area contributed by atoms with Crippen LogP contribution >= 0.6 is 95.9 Å². The summed E-state index contributed by atoms with van der Waals surface area (Å²) in [6.45, 7) is 7.49. The number of hydrogen-bond acceptors (Lipinski definition) is 20. The second kappa shape index (κ2) is 34.5. The van der Waals surface area contributed by atoms with Crippen molar-refractivity contribution in [1.29, 1.82) is 0 Å². The molecule has 109 heavy (non-hydrogen) atoms. The number of aromatic hydroxyl groups is 5. The monoisotopic (exact) mass is 1640 g/mol. The number of carbonyl (C=O) groups excluding carboxylic acids is 7. The smallest absolute Gasteiger partial charge is 0.418 e. The molecule has 0 atom stereocenters. The van der Waals surface area contributed by atoms with E-state index in [0.717, 1.165) is 91.6 Å². The summed E-state index contributed by atoms with van der Waals surface area (Å²) in [6.07, 6.45) is -7.83. The number of anilines is 4. The van der Waals surface area contributed by atoms with E-state index in [9.17, 15) is 98.6 Å². The van der Waals surface area contributed by atoms with Gasteiger partial charge in [0, 0.05) is 16.7 Å². The number of halogens is 9. The lowest BCUT2D eigenvalue weighted by Gasteiger charge is -2.20. The first-order valence-electron chi connectivity index (χ1n) is 30.9. The van der Waals surface area contributed by atoms with E-state index in [-0.39, 0.29) is 115 Å². The molecule has 4 aliphatic heterocycles. The molecular weight excluding hydrogens is 1590 g/mol. The van der Waals surface area contributed by atoms with Crippen LogP contribution in [-0.4, -0.2) is 83.8 Å². The van der Waals surface area contributed by atoms with Gasteiger partial charge in [0.1, 0.15) is 28.7 Å². The quantitative estimate of drug-likeness (QED) is 0.0350. The van der Waals surface area contributed by atoms with Crippen LogP contribution in [0, 0.1) is 13.8 Å². The third-order valence-electron chi connectivity index (χ3n) is 15.5.